The Bertz CT molecular complexity index is 351. The molecule has 0 bridgehead atoms. The predicted octanol–water partition coefficient (Wildman–Crippen LogP) is 1.13. The van der Waals surface area contributed by atoms with E-state index in [0.29, 0.717) is 5.13 Å². The van der Waals surface area contributed by atoms with Gasteiger partial charge in [0.15, 0.2) is 5.13 Å². The van der Waals surface area contributed by atoms with E-state index in [4.69, 9.17) is 5.73 Å². The number of nitrogen functional groups attached to an aromatic ring is 1. The number of nitrogens with zero attached hydrogens (tertiary/aromatic N) is 3. The molecule has 0 radical (unpaired) electrons. The lowest BCUT2D eigenvalue weighted by molar-refractivity contribution is 0.770. The number of aryl methyl sites for hydroxylation is 1. The number of nitrogens with two attached hydrogens (primary N) is 1. The van der Waals surface area contributed by atoms with E-state index in [1.807, 2.05) is 24.7 Å². The van der Waals surface area contributed by atoms with Gasteiger partial charge in [0.25, 0.3) is 0 Å². The standard InChI is InChI=1S/C7H8N4S/c1-11-3-2-5(10-11)6-4-12-7(8)9-6/h2-4H,1H3,(H2,8,9). The van der Waals surface area contributed by atoms with Crippen molar-refractivity contribution >= 4 is 16.5 Å². The number of hydrogen-bond acceptors (Lipinski definition) is 4. The van der Waals surface area contributed by atoms with Crippen LogP contribution in [0.4, 0.5) is 5.13 Å². The van der Waals surface area contributed by atoms with Crippen molar-refractivity contribution in [1.82, 2.24) is 14.8 Å². The van der Waals surface area contributed by atoms with Crippen LogP contribution in [0.3, 0.4) is 0 Å². The van der Waals surface area contributed by atoms with Gasteiger partial charge in [0.1, 0.15) is 11.4 Å². The highest BCUT2D eigenvalue weighted by Gasteiger charge is 2.03. The first-order valence-electron chi connectivity index (χ1n) is 3.47. The third-order valence-corrected chi connectivity index (χ3v) is 2.17. The van der Waals surface area contributed by atoms with Crippen molar-refractivity contribution in [3.63, 3.8) is 0 Å². The molecule has 12 heavy (non-hydrogen) atoms. The number of rotatable bonds is 1. The minimum absolute atomic E-state index is 0.579. The molecule has 4 nitrogen and oxygen atoms in total. The van der Waals surface area contributed by atoms with E-state index in [9.17, 15) is 0 Å². The van der Waals surface area contributed by atoms with Crippen LogP contribution in [0.2, 0.25) is 0 Å². The fraction of sp³-hybridized carbons (Fsp3) is 0.143. The maximum atomic E-state index is 5.50. The van der Waals surface area contributed by atoms with Gasteiger partial charge in [-0.15, -0.1) is 11.3 Å². The molecule has 0 saturated carbocycles. The van der Waals surface area contributed by atoms with Gasteiger partial charge in [-0.2, -0.15) is 5.10 Å². The zero-order valence-electron chi connectivity index (χ0n) is 6.56. The highest BCUT2D eigenvalue weighted by atomic mass is 32.1. The van der Waals surface area contributed by atoms with Gasteiger partial charge in [0, 0.05) is 18.6 Å². The molecular formula is C7H8N4S. The van der Waals surface area contributed by atoms with Crippen LogP contribution in [0, 0.1) is 0 Å². The molecular weight excluding hydrogens is 172 g/mol. The SMILES string of the molecule is Cn1ccc(-c2csc(N)n2)n1. The van der Waals surface area contributed by atoms with Gasteiger partial charge in [-0.25, -0.2) is 4.98 Å². The van der Waals surface area contributed by atoms with Crippen molar-refractivity contribution < 1.29 is 0 Å². The second-order valence-corrected chi connectivity index (χ2v) is 3.34. The van der Waals surface area contributed by atoms with Crippen molar-refractivity contribution in [2.45, 2.75) is 0 Å². The summed E-state index contributed by atoms with van der Waals surface area (Å²) in [4.78, 5) is 4.11. The van der Waals surface area contributed by atoms with Crippen molar-refractivity contribution in [2.24, 2.45) is 7.05 Å². The lowest BCUT2D eigenvalue weighted by atomic mass is 10.3. The van der Waals surface area contributed by atoms with E-state index in [-0.39, 0.29) is 0 Å². The Kier molecular flexibility index (Phi) is 1.58. The van der Waals surface area contributed by atoms with E-state index in [1.165, 1.54) is 11.3 Å². The molecule has 2 rings (SSSR count). The molecule has 0 atom stereocenters. The van der Waals surface area contributed by atoms with Gasteiger partial charge in [-0.1, -0.05) is 0 Å². The molecule has 2 aromatic heterocycles. The Morgan fingerprint density at radius 2 is 2.33 bits per heavy atom. The number of anilines is 1. The highest BCUT2D eigenvalue weighted by Crippen LogP contribution is 2.20. The summed E-state index contributed by atoms with van der Waals surface area (Å²) in [6, 6.07) is 1.91. The van der Waals surface area contributed by atoms with Gasteiger partial charge in [0.2, 0.25) is 0 Å². The first kappa shape index (κ1) is 7.30. The van der Waals surface area contributed by atoms with Gasteiger partial charge < -0.3 is 5.73 Å². The summed E-state index contributed by atoms with van der Waals surface area (Å²) in [5, 5.41) is 6.68. The Labute approximate surface area is 73.7 Å². The molecule has 0 unspecified atom stereocenters. The topological polar surface area (TPSA) is 56.7 Å². The van der Waals surface area contributed by atoms with Crippen molar-refractivity contribution in [3.8, 4) is 11.4 Å². The van der Waals surface area contributed by atoms with E-state index in [0.717, 1.165) is 11.4 Å². The Hall–Kier alpha value is -1.36. The normalized spacial score (nSPS) is 10.4. The van der Waals surface area contributed by atoms with Crippen LogP contribution in [0.15, 0.2) is 17.6 Å². The lowest BCUT2D eigenvalue weighted by Gasteiger charge is -1.86. The molecule has 0 saturated heterocycles. The van der Waals surface area contributed by atoms with E-state index in [1.54, 1.807) is 4.68 Å². The second-order valence-electron chi connectivity index (χ2n) is 2.45. The molecule has 0 aromatic carbocycles. The smallest absolute Gasteiger partial charge is 0.180 e. The molecule has 0 spiro atoms. The lowest BCUT2D eigenvalue weighted by Crippen LogP contribution is -1.88. The van der Waals surface area contributed by atoms with E-state index in [2.05, 4.69) is 10.1 Å². The average molecular weight is 180 g/mol. The second kappa shape index (κ2) is 2.60. The van der Waals surface area contributed by atoms with Gasteiger partial charge in [-0.05, 0) is 6.07 Å². The minimum Gasteiger partial charge on any atom is -0.375 e. The Balaban J connectivity index is 2.43. The van der Waals surface area contributed by atoms with Gasteiger partial charge in [-0.3, -0.25) is 4.68 Å². The molecule has 0 amide bonds. The molecule has 0 aliphatic heterocycles. The highest BCUT2D eigenvalue weighted by molar-refractivity contribution is 7.13. The summed E-state index contributed by atoms with van der Waals surface area (Å²) in [6.07, 6.45) is 1.88. The molecule has 0 fully saturated rings. The fourth-order valence-electron chi connectivity index (χ4n) is 0.957. The van der Waals surface area contributed by atoms with Crippen LogP contribution in [0.25, 0.3) is 11.4 Å². The number of thiazole rings is 1. The Morgan fingerprint density at radius 1 is 1.50 bits per heavy atom. The maximum Gasteiger partial charge on any atom is 0.180 e. The van der Waals surface area contributed by atoms with E-state index >= 15 is 0 Å². The summed E-state index contributed by atoms with van der Waals surface area (Å²) in [5.74, 6) is 0. The summed E-state index contributed by atoms with van der Waals surface area (Å²) in [7, 11) is 1.87. The first-order chi connectivity index (χ1) is 5.75. The van der Waals surface area contributed by atoms with E-state index < -0.39 is 0 Å². The zero-order valence-corrected chi connectivity index (χ0v) is 7.38. The van der Waals surface area contributed by atoms with Gasteiger partial charge >= 0.3 is 0 Å². The van der Waals surface area contributed by atoms with Crippen LogP contribution in [-0.4, -0.2) is 14.8 Å². The molecule has 62 valence electrons. The molecule has 5 heteroatoms. The summed E-state index contributed by atoms with van der Waals surface area (Å²) in [5.41, 5.74) is 7.21. The third-order valence-electron chi connectivity index (χ3n) is 1.50. The molecule has 2 heterocycles. The predicted molar refractivity (Wildman–Crippen MR) is 48.7 cm³/mol. The van der Waals surface area contributed by atoms with Crippen LogP contribution in [0.1, 0.15) is 0 Å². The largest absolute Gasteiger partial charge is 0.375 e. The average Bonchev–Trinajstić information content (AvgIpc) is 2.58. The van der Waals surface area contributed by atoms with Crippen molar-refractivity contribution in [2.75, 3.05) is 5.73 Å². The number of hydrogen-bond donors (Lipinski definition) is 1. The van der Waals surface area contributed by atoms with Crippen molar-refractivity contribution in [1.29, 1.82) is 0 Å². The molecule has 0 aliphatic carbocycles. The minimum atomic E-state index is 0.579. The third kappa shape index (κ3) is 1.18. The molecule has 0 aliphatic rings. The maximum absolute atomic E-state index is 5.50. The Morgan fingerprint density at radius 3 is 2.83 bits per heavy atom. The first-order valence-corrected chi connectivity index (χ1v) is 4.35. The number of aromatic nitrogens is 3. The molecule has 2 N–H and O–H groups in total. The van der Waals surface area contributed by atoms with Crippen LogP contribution < -0.4 is 5.73 Å². The van der Waals surface area contributed by atoms with Crippen molar-refractivity contribution in [3.05, 3.63) is 17.6 Å². The summed E-state index contributed by atoms with van der Waals surface area (Å²) < 4.78 is 1.74. The monoisotopic (exact) mass is 180 g/mol. The van der Waals surface area contributed by atoms with Crippen LogP contribution in [-0.2, 0) is 7.05 Å². The van der Waals surface area contributed by atoms with Crippen LogP contribution >= 0.6 is 11.3 Å². The van der Waals surface area contributed by atoms with Gasteiger partial charge in [0.05, 0.1) is 0 Å². The fourth-order valence-corrected chi connectivity index (χ4v) is 1.51. The summed E-state index contributed by atoms with van der Waals surface area (Å²) in [6.45, 7) is 0. The quantitative estimate of drug-likeness (QED) is 0.715. The summed E-state index contributed by atoms with van der Waals surface area (Å²) >= 11 is 1.43. The molecule has 2 aromatic rings. The van der Waals surface area contributed by atoms with Crippen LogP contribution in [0.5, 0.6) is 0 Å². The zero-order chi connectivity index (χ0) is 8.55.